The number of hydrogen-bond donors (Lipinski definition) is 2. The lowest BCUT2D eigenvalue weighted by atomic mass is 9.95. The molecule has 1 amide bonds. The number of rotatable bonds is 7. The molecular formula is C18H24N6O3S. The molecule has 3 rings (SSSR count). The second-order valence-electron chi connectivity index (χ2n) is 6.94. The molecule has 2 N–H and O–H groups in total. The number of non-ortho nitro benzene ring substituents is 1. The molecule has 28 heavy (non-hydrogen) atoms. The van der Waals surface area contributed by atoms with Crippen molar-refractivity contribution in [3.63, 3.8) is 0 Å². The monoisotopic (exact) mass is 404 g/mol. The zero-order valence-electron chi connectivity index (χ0n) is 15.8. The van der Waals surface area contributed by atoms with E-state index in [0.29, 0.717) is 30.1 Å². The predicted octanol–water partition coefficient (Wildman–Crippen LogP) is 2.98. The molecule has 0 bridgehead atoms. The smallest absolute Gasteiger partial charge is 0.269 e. The first-order valence-corrected chi connectivity index (χ1v) is 9.74. The minimum Gasteiger partial charge on any atom is -0.385 e. The summed E-state index contributed by atoms with van der Waals surface area (Å²) in [6.07, 6.45) is 2.97. The van der Waals surface area contributed by atoms with Crippen LogP contribution in [0.4, 0.5) is 11.4 Å². The van der Waals surface area contributed by atoms with Crippen LogP contribution in [0.25, 0.3) is 0 Å². The number of anilines is 1. The second-order valence-corrected chi connectivity index (χ2v) is 7.32. The number of likely N-dealkylation sites (tertiary alicyclic amines) is 1. The summed E-state index contributed by atoms with van der Waals surface area (Å²) in [5, 5.41) is 21.0. The molecule has 150 valence electrons. The van der Waals surface area contributed by atoms with Gasteiger partial charge < -0.3 is 14.8 Å². The average molecular weight is 404 g/mol. The highest BCUT2D eigenvalue weighted by molar-refractivity contribution is 7.71. The highest BCUT2D eigenvalue weighted by atomic mass is 32.1. The number of nitro groups is 1. The van der Waals surface area contributed by atoms with E-state index in [-0.39, 0.29) is 11.6 Å². The molecule has 1 saturated heterocycles. The Kier molecular flexibility index (Phi) is 6.40. The zero-order chi connectivity index (χ0) is 20.1. The van der Waals surface area contributed by atoms with Crippen LogP contribution in [0.1, 0.15) is 37.4 Å². The summed E-state index contributed by atoms with van der Waals surface area (Å²) < 4.78 is 2.52. The SMILES string of the molecule is Cn1c(C2CCN(C(=O)CCCNc3ccc([N+](=O)[O-])cc3)CC2)n[nH]c1=S. The fraction of sp³-hybridized carbons (Fsp3) is 0.500. The maximum Gasteiger partial charge on any atom is 0.269 e. The largest absolute Gasteiger partial charge is 0.385 e. The number of aromatic nitrogens is 3. The van der Waals surface area contributed by atoms with Gasteiger partial charge in [0, 0.05) is 56.8 Å². The molecular weight excluding hydrogens is 380 g/mol. The quantitative estimate of drug-likeness (QED) is 0.318. The van der Waals surface area contributed by atoms with Crippen molar-refractivity contribution in [3.05, 3.63) is 45.0 Å². The van der Waals surface area contributed by atoms with E-state index in [1.54, 1.807) is 12.1 Å². The van der Waals surface area contributed by atoms with E-state index in [1.165, 1.54) is 12.1 Å². The third-order valence-electron chi connectivity index (χ3n) is 5.10. The normalized spacial score (nSPS) is 14.8. The first kappa shape index (κ1) is 20.0. The Morgan fingerprint density at radius 3 is 2.61 bits per heavy atom. The Bertz CT molecular complexity index is 883. The molecule has 0 radical (unpaired) electrons. The van der Waals surface area contributed by atoms with E-state index in [4.69, 9.17) is 12.2 Å². The number of benzene rings is 1. The van der Waals surface area contributed by atoms with Gasteiger partial charge >= 0.3 is 0 Å². The molecule has 2 heterocycles. The van der Waals surface area contributed by atoms with E-state index in [1.807, 2.05) is 16.5 Å². The van der Waals surface area contributed by atoms with Gasteiger partial charge in [-0.15, -0.1) is 0 Å². The van der Waals surface area contributed by atoms with Crippen molar-refractivity contribution < 1.29 is 9.72 Å². The summed E-state index contributed by atoms with van der Waals surface area (Å²) in [5.74, 6) is 1.45. The zero-order valence-corrected chi connectivity index (χ0v) is 16.6. The number of piperidine rings is 1. The van der Waals surface area contributed by atoms with Gasteiger partial charge in [-0.1, -0.05) is 0 Å². The number of carbonyl (C=O) groups is 1. The first-order valence-electron chi connectivity index (χ1n) is 9.33. The summed E-state index contributed by atoms with van der Waals surface area (Å²) in [6.45, 7) is 2.11. The van der Waals surface area contributed by atoms with Crippen molar-refractivity contribution in [1.29, 1.82) is 0 Å². The lowest BCUT2D eigenvalue weighted by molar-refractivity contribution is -0.384. The van der Waals surface area contributed by atoms with Crippen molar-refractivity contribution in [2.75, 3.05) is 25.0 Å². The van der Waals surface area contributed by atoms with Gasteiger partial charge in [0.15, 0.2) is 4.77 Å². The number of nitrogens with zero attached hydrogens (tertiary/aromatic N) is 4. The standard InChI is InChI=1S/C18H24N6O3S/c1-22-17(20-21-18(22)28)13-8-11-23(12-9-13)16(25)3-2-10-19-14-4-6-15(7-5-14)24(26)27/h4-7,13,19H,2-3,8-12H2,1H3,(H,21,28). The fourth-order valence-corrected chi connectivity index (χ4v) is 3.58. The number of amides is 1. The van der Waals surface area contributed by atoms with Crippen molar-refractivity contribution in [2.24, 2.45) is 7.05 Å². The van der Waals surface area contributed by atoms with Crippen LogP contribution in [0.5, 0.6) is 0 Å². The van der Waals surface area contributed by atoms with Crippen molar-refractivity contribution >= 4 is 29.5 Å². The Labute approximate surface area is 167 Å². The lowest BCUT2D eigenvalue weighted by Gasteiger charge is -2.31. The van der Waals surface area contributed by atoms with Gasteiger partial charge in [0.05, 0.1) is 4.92 Å². The third kappa shape index (κ3) is 4.75. The molecule has 9 nitrogen and oxygen atoms in total. The molecule has 0 spiro atoms. The Hall–Kier alpha value is -2.75. The van der Waals surface area contributed by atoms with Gasteiger partial charge in [0.1, 0.15) is 5.82 Å². The first-order chi connectivity index (χ1) is 13.5. The summed E-state index contributed by atoms with van der Waals surface area (Å²) in [5.41, 5.74) is 0.878. The third-order valence-corrected chi connectivity index (χ3v) is 5.47. The maximum atomic E-state index is 12.4. The minimum absolute atomic E-state index is 0.0662. The number of nitro benzene ring substituents is 1. The molecule has 0 saturated carbocycles. The topological polar surface area (TPSA) is 109 Å². The summed E-state index contributed by atoms with van der Waals surface area (Å²) >= 11 is 5.17. The van der Waals surface area contributed by atoms with Gasteiger partial charge in [-0.3, -0.25) is 20.0 Å². The van der Waals surface area contributed by atoms with Crippen LogP contribution >= 0.6 is 12.2 Å². The van der Waals surface area contributed by atoms with E-state index in [9.17, 15) is 14.9 Å². The Morgan fingerprint density at radius 2 is 2.04 bits per heavy atom. The van der Waals surface area contributed by atoms with Gasteiger partial charge in [0.25, 0.3) is 5.69 Å². The van der Waals surface area contributed by atoms with E-state index >= 15 is 0 Å². The van der Waals surface area contributed by atoms with Gasteiger partial charge in [0.2, 0.25) is 5.91 Å². The van der Waals surface area contributed by atoms with Crippen LogP contribution in [-0.4, -0.2) is 50.1 Å². The predicted molar refractivity (Wildman–Crippen MR) is 108 cm³/mol. The van der Waals surface area contributed by atoms with E-state index in [0.717, 1.165) is 37.4 Å². The lowest BCUT2D eigenvalue weighted by Crippen LogP contribution is -2.38. The molecule has 1 aliphatic heterocycles. The molecule has 10 heteroatoms. The molecule has 2 aromatic rings. The number of nitrogens with one attached hydrogen (secondary N) is 2. The molecule has 1 aliphatic rings. The highest BCUT2D eigenvalue weighted by Crippen LogP contribution is 2.26. The van der Waals surface area contributed by atoms with E-state index in [2.05, 4.69) is 15.5 Å². The van der Waals surface area contributed by atoms with Crippen molar-refractivity contribution in [1.82, 2.24) is 19.7 Å². The molecule has 1 aromatic carbocycles. The summed E-state index contributed by atoms with van der Waals surface area (Å²) in [7, 11) is 1.91. The maximum absolute atomic E-state index is 12.4. The number of carbonyl (C=O) groups excluding carboxylic acids is 1. The van der Waals surface area contributed by atoms with Crippen LogP contribution in [0.15, 0.2) is 24.3 Å². The average Bonchev–Trinajstić information content (AvgIpc) is 3.04. The van der Waals surface area contributed by atoms with Gasteiger partial charge in [-0.25, -0.2) is 0 Å². The van der Waals surface area contributed by atoms with Gasteiger partial charge in [-0.2, -0.15) is 5.10 Å². The van der Waals surface area contributed by atoms with Crippen LogP contribution < -0.4 is 5.32 Å². The molecule has 1 aromatic heterocycles. The number of hydrogen-bond acceptors (Lipinski definition) is 6. The molecule has 0 atom stereocenters. The molecule has 0 aliphatic carbocycles. The van der Waals surface area contributed by atoms with E-state index < -0.39 is 4.92 Å². The van der Waals surface area contributed by atoms with Crippen molar-refractivity contribution in [3.8, 4) is 0 Å². The Balaban J connectivity index is 1.38. The number of aromatic amines is 1. The second kappa shape index (κ2) is 8.96. The summed E-state index contributed by atoms with van der Waals surface area (Å²) in [4.78, 5) is 24.6. The molecule has 1 fully saturated rings. The highest BCUT2D eigenvalue weighted by Gasteiger charge is 2.26. The minimum atomic E-state index is -0.423. The fourth-order valence-electron chi connectivity index (χ4n) is 3.44. The Morgan fingerprint density at radius 1 is 1.36 bits per heavy atom. The molecule has 0 unspecified atom stereocenters. The number of H-pyrrole nitrogens is 1. The van der Waals surface area contributed by atoms with Gasteiger partial charge in [-0.05, 0) is 43.6 Å². The van der Waals surface area contributed by atoms with Crippen LogP contribution in [0, 0.1) is 14.9 Å². The summed E-state index contributed by atoms with van der Waals surface area (Å²) in [6, 6.07) is 6.28. The van der Waals surface area contributed by atoms with Crippen molar-refractivity contribution in [2.45, 2.75) is 31.6 Å². The van der Waals surface area contributed by atoms with Crippen LogP contribution in [-0.2, 0) is 11.8 Å². The van der Waals surface area contributed by atoms with Crippen LogP contribution in [0.3, 0.4) is 0 Å². The van der Waals surface area contributed by atoms with Crippen LogP contribution in [0.2, 0.25) is 0 Å².